The highest BCUT2D eigenvalue weighted by atomic mass is 32.1. The summed E-state index contributed by atoms with van der Waals surface area (Å²) in [5.74, 6) is -0.307. The number of nitrogens with zero attached hydrogens (tertiary/aromatic N) is 3. The molecule has 1 fully saturated rings. The van der Waals surface area contributed by atoms with Crippen LogP contribution in [0.1, 0.15) is 41.4 Å². The Morgan fingerprint density at radius 3 is 2.91 bits per heavy atom. The number of anilines is 1. The van der Waals surface area contributed by atoms with Gasteiger partial charge in [-0.05, 0) is 20.8 Å². The maximum atomic E-state index is 12.4. The molecule has 2 aromatic heterocycles. The van der Waals surface area contributed by atoms with Crippen LogP contribution in [0, 0.1) is 13.8 Å². The summed E-state index contributed by atoms with van der Waals surface area (Å²) in [6, 6.07) is 0.0490. The normalized spacial score (nSPS) is 21.1. The Kier molecular flexibility index (Phi) is 4.14. The predicted molar refractivity (Wildman–Crippen MR) is 86.2 cm³/mol. The minimum Gasteiger partial charge on any atom is -0.322 e. The molecular weight excluding hydrogens is 316 g/mol. The molecule has 0 spiro atoms. The Labute approximate surface area is 137 Å². The zero-order chi connectivity index (χ0) is 16.6. The summed E-state index contributed by atoms with van der Waals surface area (Å²) in [7, 11) is 0. The van der Waals surface area contributed by atoms with Gasteiger partial charge in [0.1, 0.15) is 0 Å². The number of hydrogen-bond donors (Lipinski definition) is 3. The van der Waals surface area contributed by atoms with E-state index in [-0.39, 0.29) is 17.9 Å². The molecule has 23 heavy (non-hydrogen) atoms. The van der Waals surface area contributed by atoms with Gasteiger partial charge in [0, 0.05) is 17.8 Å². The molecule has 2 aromatic rings. The van der Waals surface area contributed by atoms with Gasteiger partial charge in [-0.1, -0.05) is 0 Å². The van der Waals surface area contributed by atoms with Gasteiger partial charge in [0.15, 0.2) is 11.4 Å². The van der Waals surface area contributed by atoms with E-state index in [1.807, 2.05) is 19.2 Å². The van der Waals surface area contributed by atoms with E-state index in [4.69, 9.17) is 0 Å². The van der Waals surface area contributed by atoms with Gasteiger partial charge in [-0.15, -0.1) is 11.3 Å². The minimum atomic E-state index is -0.449. The topological polar surface area (TPSA) is 101 Å². The first-order valence-corrected chi connectivity index (χ1v) is 8.15. The first-order chi connectivity index (χ1) is 10.9. The van der Waals surface area contributed by atoms with Gasteiger partial charge in [-0.25, -0.2) is 9.67 Å². The van der Waals surface area contributed by atoms with Crippen molar-refractivity contribution in [3.05, 3.63) is 28.5 Å². The number of amides is 2. The van der Waals surface area contributed by atoms with E-state index < -0.39 is 6.29 Å². The first-order valence-electron chi connectivity index (χ1n) is 7.27. The fourth-order valence-corrected chi connectivity index (χ4v) is 3.16. The van der Waals surface area contributed by atoms with Crippen LogP contribution >= 0.6 is 11.3 Å². The number of thiazole rings is 1. The van der Waals surface area contributed by atoms with Crippen LogP contribution in [-0.4, -0.2) is 32.6 Å². The molecule has 9 heteroatoms. The SMILES string of the molecule is Cc1csc(NC(=O)c2cnn(C3NC(=O)CC(C)N3)c2C)n1. The van der Waals surface area contributed by atoms with E-state index in [1.54, 1.807) is 11.6 Å². The molecule has 1 aliphatic rings. The fraction of sp³-hybridized carbons (Fsp3) is 0.429. The molecule has 8 nitrogen and oxygen atoms in total. The highest BCUT2D eigenvalue weighted by Gasteiger charge is 2.27. The van der Waals surface area contributed by atoms with Gasteiger partial charge in [-0.2, -0.15) is 5.10 Å². The lowest BCUT2D eigenvalue weighted by molar-refractivity contribution is -0.125. The Hall–Kier alpha value is -2.26. The summed E-state index contributed by atoms with van der Waals surface area (Å²) in [6.07, 6.45) is 1.47. The van der Waals surface area contributed by atoms with E-state index >= 15 is 0 Å². The van der Waals surface area contributed by atoms with Gasteiger partial charge < -0.3 is 5.32 Å². The minimum absolute atomic E-state index is 0.0413. The van der Waals surface area contributed by atoms with Gasteiger partial charge in [0.2, 0.25) is 5.91 Å². The van der Waals surface area contributed by atoms with Crippen LogP contribution in [0.3, 0.4) is 0 Å². The molecule has 3 rings (SSSR count). The zero-order valence-corrected chi connectivity index (χ0v) is 13.9. The maximum absolute atomic E-state index is 12.4. The van der Waals surface area contributed by atoms with Crippen LogP contribution in [0.2, 0.25) is 0 Å². The molecule has 0 aromatic carbocycles. The quantitative estimate of drug-likeness (QED) is 0.782. The predicted octanol–water partition coefficient (Wildman–Crippen LogP) is 1.16. The standard InChI is InChI=1S/C14H18N6O2S/c1-7-4-11(21)18-13(16-7)20-9(3)10(5-15-20)12(22)19-14-17-8(2)6-23-14/h5-7,13,16H,4H2,1-3H3,(H,18,21)(H,17,19,22). The molecule has 1 aliphatic heterocycles. The fourth-order valence-electron chi connectivity index (χ4n) is 2.47. The number of carbonyl (C=O) groups is 2. The highest BCUT2D eigenvalue weighted by Crippen LogP contribution is 2.18. The maximum Gasteiger partial charge on any atom is 0.260 e. The molecule has 2 atom stereocenters. The van der Waals surface area contributed by atoms with E-state index in [1.165, 1.54) is 17.5 Å². The second kappa shape index (κ2) is 6.09. The molecule has 0 saturated carbocycles. The summed E-state index contributed by atoms with van der Waals surface area (Å²) < 4.78 is 1.61. The van der Waals surface area contributed by atoms with Crippen molar-refractivity contribution in [1.82, 2.24) is 25.4 Å². The summed E-state index contributed by atoms with van der Waals surface area (Å²) in [4.78, 5) is 28.3. The van der Waals surface area contributed by atoms with Crippen LogP contribution < -0.4 is 16.0 Å². The lowest BCUT2D eigenvalue weighted by Crippen LogP contribution is -2.52. The number of carbonyl (C=O) groups excluding carboxylic acids is 2. The van der Waals surface area contributed by atoms with Gasteiger partial charge in [-0.3, -0.25) is 20.2 Å². The van der Waals surface area contributed by atoms with Crippen LogP contribution in [0.4, 0.5) is 5.13 Å². The van der Waals surface area contributed by atoms with E-state index in [2.05, 4.69) is 26.0 Å². The number of aromatic nitrogens is 3. The molecular formula is C14H18N6O2S. The van der Waals surface area contributed by atoms with E-state index in [9.17, 15) is 9.59 Å². The van der Waals surface area contributed by atoms with Crippen molar-refractivity contribution in [2.45, 2.75) is 39.5 Å². The monoisotopic (exact) mass is 334 g/mol. The summed E-state index contributed by atoms with van der Waals surface area (Å²) >= 11 is 1.37. The number of aryl methyl sites for hydroxylation is 1. The van der Waals surface area contributed by atoms with Crippen molar-refractivity contribution in [2.24, 2.45) is 0 Å². The largest absolute Gasteiger partial charge is 0.322 e. The lowest BCUT2D eigenvalue weighted by Gasteiger charge is -2.30. The van der Waals surface area contributed by atoms with Gasteiger partial charge >= 0.3 is 0 Å². The Balaban J connectivity index is 1.78. The van der Waals surface area contributed by atoms with Crippen molar-refractivity contribution in [3.8, 4) is 0 Å². The molecule has 3 N–H and O–H groups in total. The van der Waals surface area contributed by atoms with Crippen molar-refractivity contribution < 1.29 is 9.59 Å². The van der Waals surface area contributed by atoms with Crippen molar-refractivity contribution in [2.75, 3.05) is 5.32 Å². The van der Waals surface area contributed by atoms with Crippen molar-refractivity contribution in [1.29, 1.82) is 0 Å². The summed E-state index contributed by atoms with van der Waals surface area (Å²) in [6.45, 7) is 5.60. The average molecular weight is 334 g/mol. The Morgan fingerprint density at radius 1 is 1.48 bits per heavy atom. The van der Waals surface area contributed by atoms with E-state index in [0.717, 1.165) is 5.69 Å². The molecule has 0 aliphatic carbocycles. The summed E-state index contributed by atoms with van der Waals surface area (Å²) in [5.41, 5.74) is 1.98. The molecule has 122 valence electrons. The molecule has 0 radical (unpaired) electrons. The van der Waals surface area contributed by atoms with Gasteiger partial charge in [0.25, 0.3) is 5.91 Å². The van der Waals surface area contributed by atoms with Crippen molar-refractivity contribution in [3.63, 3.8) is 0 Å². The summed E-state index contributed by atoms with van der Waals surface area (Å²) in [5, 5.41) is 15.5. The molecule has 2 amide bonds. The van der Waals surface area contributed by atoms with Crippen LogP contribution in [0.15, 0.2) is 11.6 Å². The zero-order valence-electron chi connectivity index (χ0n) is 13.1. The van der Waals surface area contributed by atoms with Crippen LogP contribution in [0.25, 0.3) is 0 Å². The molecule has 0 bridgehead atoms. The first kappa shape index (κ1) is 15.6. The molecule has 2 unspecified atom stereocenters. The lowest BCUT2D eigenvalue weighted by atomic mass is 10.2. The third kappa shape index (κ3) is 3.25. The number of nitrogens with one attached hydrogen (secondary N) is 3. The average Bonchev–Trinajstić information content (AvgIpc) is 3.04. The highest BCUT2D eigenvalue weighted by molar-refractivity contribution is 7.13. The van der Waals surface area contributed by atoms with Crippen molar-refractivity contribution >= 4 is 28.3 Å². The third-order valence-electron chi connectivity index (χ3n) is 3.61. The third-order valence-corrected chi connectivity index (χ3v) is 4.48. The molecule has 3 heterocycles. The smallest absolute Gasteiger partial charge is 0.260 e. The second-order valence-corrected chi connectivity index (χ2v) is 6.44. The Bertz CT molecular complexity index is 752. The van der Waals surface area contributed by atoms with E-state index in [0.29, 0.717) is 22.8 Å². The number of rotatable bonds is 3. The Morgan fingerprint density at radius 2 is 2.26 bits per heavy atom. The van der Waals surface area contributed by atoms with Crippen LogP contribution in [-0.2, 0) is 4.79 Å². The second-order valence-electron chi connectivity index (χ2n) is 5.58. The molecule has 1 saturated heterocycles. The van der Waals surface area contributed by atoms with Crippen LogP contribution in [0.5, 0.6) is 0 Å². The number of hydrogen-bond acceptors (Lipinski definition) is 6. The van der Waals surface area contributed by atoms with Gasteiger partial charge in [0.05, 0.1) is 23.1 Å².